The molecule has 0 saturated carbocycles. The number of benzene rings is 1. The normalized spacial score (nSPS) is 11.2. The number of allylic oxidation sites excluding steroid dienone is 2. The molecule has 0 N–H and O–H groups in total. The van der Waals surface area contributed by atoms with Crippen molar-refractivity contribution >= 4 is 11.9 Å². The van der Waals surface area contributed by atoms with Crippen LogP contribution in [0.2, 0.25) is 0 Å². The summed E-state index contributed by atoms with van der Waals surface area (Å²) >= 11 is 0. The van der Waals surface area contributed by atoms with Gasteiger partial charge in [0, 0.05) is 0 Å². The summed E-state index contributed by atoms with van der Waals surface area (Å²) in [5.41, 5.74) is 2.17. The molecule has 0 saturated heterocycles. The lowest BCUT2D eigenvalue weighted by atomic mass is 10.0. The van der Waals surface area contributed by atoms with Gasteiger partial charge >= 0.3 is 0 Å². The Morgan fingerprint density at radius 1 is 1.33 bits per heavy atom. The van der Waals surface area contributed by atoms with Crippen LogP contribution >= 0.6 is 0 Å². The Morgan fingerprint density at radius 3 is 2.47 bits per heavy atom. The molecule has 2 heteroatoms. The molecule has 0 heterocycles. The fourth-order valence-electron chi connectivity index (χ4n) is 1.48. The summed E-state index contributed by atoms with van der Waals surface area (Å²) in [5, 5.41) is 0. The molecule has 1 aromatic carbocycles. The monoisotopic (exact) mass is 204 g/mol. The summed E-state index contributed by atoms with van der Waals surface area (Å²) in [6, 6.07) is 7.76. The van der Waals surface area contributed by atoms with E-state index in [0.29, 0.717) is 0 Å². The zero-order chi connectivity index (χ0) is 11.1. The molecule has 0 radical (unpaired) electrons. The molecule has 0 aliphatic rings. The van der Waals surface area contributed by atoms with Gasteiger partial charge in [0.1, 0.15) is 12.0 Å². The summed E-state index contributed by atoms with van der Waals surface area (Å²) < 4.78 is 5.08. The van der Waals surface area contributed by atoms with Crippen LogP contribution in [0, 0.1) is 0 Å². The Labute approximate surface area is 90.6 Å². The number of carbonyl (C=O) groups excluding carboxylic acids is 1. The standard InChI is InChI=1S/C13H16O2/c1-3-4-11(9-10-14)12-5-7-13(15-2)8-6-12/h5-10H,3-4H2,1-2H3/b11-9+. The highest BCUT2D eigenvalue weighted by Gasteiger charge is 2.00. The van der Waals surface area contributed by atoms with Crippen molar-refractivity contribution in [2.24, 2.45) is 0 Å². The highest BCUT2D eigenvalue weighted by atomic mass is 16.5. The molecule has 1 aromatic rings. The van der Waals surface area contributed by atoms with E-state index in [1.165, 1.54) is 0 Å². The molecule has 0 unspecified atom stereocenters. The van der Waals surface area contributed by atoms with Crippen LogP contribution in [-0.2, 0) is 4.79 Å². The first kappa shape index (κ1) is 11.5. The van der Waals surface area contributed by atoms with Crippen molar-refractivity contribution in [3.63, 3.8) is 0 Å². The third-order valence-corrected chi connectivity index (χ3v) is 2.25. The molecule has 15 heavy (non-hydrogen) atoms. The highest BCUT2D eigenvalue weighted by molar-refractivity contribution is 5.81. The van der Waals surface area contributed by atoms with E-state index < -0.39 is 0 Å². The minimum atomic E-state index is 0.834. The predicted octanol–water partition coefficient (Wildman–Crippen LogP) is 3.08. The largest absolute Gasteiger partial charge is 0.497 e. The molecule has 0 spiro atoms. The van der Waals surface area contributed by atoms with E-state index >= 15 is 0 Å². The van der Waals surface area contributed by atoms with Gasteiger partial charge in [-0.25, -0.2) is 0 Å². The van der Waals surface area contributed by atoms with Gasteiger partial charge in [-0.05, 0) is 35.8 Å². The predicted molar refractivity (Wildman–Crippen MR) is 61.9 cm³/mol. The molecule has 1 rings (SSSR count). The van der Waals surface area contributed by atoms with Crippen LogP contribution in [0.3, 0.4) is 0 Å². The summed E-state index contributed by atoms with van der Waals surface area (Å²) in [4.78, 5) is 10.5. The number of hydrogen-bond donors (Lipinski definition) is 0. The van der Waals surface area contributed by atoms with Gasteiger partial charge in [-0.2, -0.15) is 0 Å². The number of rotatable bonds is 5. The SMILES string of the molecule is CCC/C(=C\C=O)c1ccc(OC)cc1. The average molecular weight is 204 g/mol. The molecule has 0 atom stereocenters. The fraction of sp³-hybridized carbons (Fsp3) is 0.308. The number of ether oxygens (including phenoxy) is 1. The molecule has 2 nitrogen and oxygen atoms in total. The van der Waals surface area contributed by atoms with Crippen molar-refractivity contribution in [2.75, 3.05) is 7.11 Å². The van der Waals surface area contributed by atoms with Crippen molar-refractivity contribution in [2.45, 2.75) is 19.8 Å². The van der Waals surface area contributed by atoms with Gasteiger partial charge in [0.2, 0.25) is 0 Å². The van der Waals surface area contributed by atoms with E-state index in [4.69, 9.17) is 4.74 Å². The van der Waals surface area contributed by atoms with E-state index in [-0.39, 0.29) is 0 Å². The average Bonchev–Trinajstić information content (AvgIpc) is 2.29. The Bertz CT molecular complexity index is 336. The molecule has 0 aromatic heterocycles. The van der Waals surface area contributed by atoms with Crippen LogP contribution in [0.4, 0.5) is 0 Å². The quantitative estimate of drug-likeness (QED) is 0.544. The summed E-state index contributed by atoms with van der Waals surface area (Å²) in [6.07, 6.45) is 4.43. The highest BCUT2D eigenvalue weighted by Crippen LogP contribution is 2.21. The lowest BCUT2D eigenvalue weighted by molar-refractivity contribution is -0.104. The second-order valence-electron chi connectivity index (χ2n) is 3.31. The van der Waals surface area contributed by atoms with Gasteiger partial charge in [-0.15, -0.1) is 0 Å². The Hall–Kier alpha value is -1.57. The maximum Gasteiger partial charge on any atom is 0.143 e. The molecule has 80 valence electrons. The zero-order valence-electron chi connectivity index (χ0n) is 9.19. The maximum atomic E-state index is 10.5. The summed E-state index contributed by atoms with van der Waals surface area (Å²) in [6.45, 7) is 2.10. The fourth-order valence-corrected chi connectivity index (χ4v) is 1.48. The molecule has 0 aliphatic heterocycles. The van der Waals surface area contributed by atoms with E-state index in [1.807, 2.05) is 24.3 Å². The first-order valence-electron chi connectivity index (χ1n) is 5.10. The van der Waals surface area contributed by atoms with Gasteiger partial charge in [0.25, 0.3) is 0 Å². The summed E-state index contributed by atoms with van der Waals surface area (Å²) in [7, 11) is 1.64. The van der Waals surface area contributed by atoms with Gasteiger partial charge in [0.15, 0.2) is 0 Å². The smallest absolute Gasteiger partial charge is 0.143 e. The number of carbonyl (C=O) groups is 1. The van der Waals surface area contributed by atoms with Crippen LogP contribution < -0.4 is 4.74 Å². The lowest BCUT2D eigenvalue weighted by Gasteiger charge is -2.06. The minimum absolute atomic E-state index is 0.834. The zero-order valence-corrected chi connectivity index (χ0v) is 9.19. The van der Waals surface area contributed by atoms with E-state index in [2.05, 4.69) is 6.92 Å². The van der Waals surface area contributed by atoms with Gasteiger partial charge in [-0.3, -0.25) is 4.79 Å². The molecular formula is C13H16O2. The van der Waals surface area contributed by atoms with Crippen LogP contribution in [0.25, 0.3) is 5.57 Å². The Morgan fingerprint density at radius 2 is 2.00 bits per heavy atom. The van der Waals surface area contributed by atoms with Crippen LogP contribution in [-0.4, -0.2) is 13.4 Å². The third-order valence-electron chi connectivity index (χ3n) is 2.25. The van der Waals surface area contributed by atoms with E-state index in [0.717, 1.165) is 36.0 Å². The van der Waals surface area contributed by atoms with Crippen molar-refractivity contribution in [1.29, 1.82) is 0 Å². The second-order valence-corrected chi connectivity index (χ2v) is 3.31. The Balaban J connectivity index is 2.91. The van der Waals surface area contributed by atoms with E-state index in [1.54, 1.807) is 13.2 Å². The van der Waals surface area contributed by atoms with Crippen molar-refractivity contribution in [1.82, 2.24) is 0 Å². The van der Waals surface area contributed by atoms with Crippen LogP contribution in [0.1, 0.15) is 25.3 Å². The second kappa shape index (κ2) is 6.02. The van der Waals surface area contributed by atoms with Gasteiger partial charge in [-0.1, -0.05) is 25.5 Å². The molecule has 0 amide bonds. The maximum absolute atomic E-state index is 10.5. The Kier molecular flexibility index (Phi) is 4.61. The molecule has 0 aliphatic carbocycles. The van der Waals surface area contributed by atoms with Crippen molar-refractivity contribution in [3.8, 4) is 5.75 Å². The first-order chi connectivity index (χ1) is 7.31. The third kappa shape index (κ3) is 3.24. The summed E-state index contributed by atoms with van der Waals surface area (Å²) in [5.74, 6) is 0.834. The first-order valence-corrected chi connectivity index (χ1v) is 5.10. The molecule has 0 fully saturated rings. The molecule has 0 bridgehead atoms. The number of methoxy groups -OCH3 is 1. The van der Waals surface area contributed by atoms with Crippen LogP contribution in [0.5, 0.6) is 5.75 Å². The van der Waals surface area contributed by atoms with Crippen LogP contribution in [0.15, 0.2) is 30.3 Å². The minimum Gasteiger partial charge on any atom is -0.497 e. The number of aldehydes is 1. The van der Waals surface area contributed by atoms with Crippen molar-refractivity contribution < 1.29 is 9.53 Å². The topological polar surface area (TPSA) is 26.3 Å². The van der Waals surface area contributed by atoms with Gasteiger partial charge < -0.3 is 4.74 Å². The number of hydrogen-bond acceptors (Lipinski definition) is 2. The van der Waals surface area contributed by atoms with E-state index in [9.17, 15) is 4.79 Å². The van der Waals surface area contributed by atoms with Gasteiger partial charge in [0.05, 0.1) is 7.11 Å². The molecular weight excluding hydrogens is 188 g/mol. The lowest BCUT2D eigenvalue weighted by Crippen LogP contribution is -1.87. The van der Waals surface area contributed by atoms with Crippen molar-refractivity contribution in [3.05, 3.63) is 35.9 Å².